The lowest BCUT2D eigenvalue weighted by atomic mass is 9.74. The third-order valence-corrected chi connectivity index (χ3v) is 9.05. The van der Waals surface area contributed by atoms with Crippen LogP contribution in [-0.4, -0.2) is 49.0 Å². The standard InChI is InChI=1S/C17H25N.C16H23NO2/c1-4-10-16(11-5-1)17(12-6-2-7-13-17)18-14-8-3-9-15-18;1-4-15(18)19-16(14-8-6-5-7-9-14)10-11-17(3)12-13(16)2/h1,4-5,10-11H,2-3,6-9,12-15H2;5-9,13H,4,10-12H2,1-3H3/t;13-,16+/m.0/s1. The van der Waals surface area contributed by atoms with Crippen LogP contribution in [0.25, 0.3) is 0 Å². The summed E-state index contributed by atoms with van der Waals surface area (Å²) in [5.41, 5.74) is 2.62. The Labute approximate surface area is 225 Å². The van der Waals surface area contributed by atoms with Crippen molar-refractivity contribution in [2.75, 3.05) is 33.2 Å². The monoisotopic (exact) mass is 504 g/mol. The van der Waals surface area contributed by atoms with Gasteiger partial charge in [-0.25, -0.2) is 0 Å². The zero-order chi connectivity index (χ0) is 26.1. The molecule has 0 spiro atoms. The zero-order valence-corrected chi connectivity index (χ0v) is 23.5. The molecule has 202 valence electrons. The average molecular weight is 505 g/mol. The number of carbonyl (C=O) groups excluding carboxylic acids is 1. The van der Waals surface area contributed by atoms with Crippen LogP contribution in [0.15, 0.2) is 60.7 Å². The van der Waals surface area contributed by atoms with E-state index < -0.39 is 5.60 Å². The highest BCUT2D eigenvalue weighted by Gasteiger charge is 2.44. The molecule has 2 aromatic carbocycles. The van der Waals surface area contributed by atoms with E-state index in [9.17, 15) is 4.79 Å². The second-order valence-electron chi connectivity index (χ2n) is 11.5. The molecular weight excluding hydrogens is 456 g/mol. The van der Waals surface area contributed by atoms with Gasteiger partial charge in [-0.2, -0.15) is 0 Å². The van der Waals surface area contributed by atoms with E-state index in [2.05, 4.69) is 66.2 Å². The van der Waals surface area contributed by atoms with Gasteiger partial charge in [-0.1, -0.05) is 100 Å². The first-order chi connectivity index (χ1) is 18.0. The molecule has 5 rings (SSSR count). The molecule has 4 heteroatoms. The van der Waals surface area contributed by atoms with Crippen LogP contribution in [0.2, 0.25) is 0 Å². The Bertz CT molecular complexity index is 951. The van der Waals surface area contributed by atoms with Gasteiger partial charge in [-0.15, -0.1) is 0 Å². The highest BCUT2D eigenvalue weighted by atomic mass is 16.6. The van der Waals surface area contributed by atoms with E-state index in [0.717, 1.165) is 25.1 Å². The van der Waals surface area contributed by atoms with Crippen molar-refractivity contribution in [2.45, 2.75) is 89.2 Å². The number of rotatable bonds is 5. The van der Waals surface area contributed by atoms with Crippen LogP contribution in [0.3, 0.4) is 0 Å². The normalized spacial score (nSPS) is 26.5. The molecule has 0 N–H and O–H groups in total. The van der Waals surface area contributed by atoms with Crippen molar-refractivity contribution in [2.24, 2.45) is 5.92 Å². The predicted octanol–water partition coefficient (Wildman–Crippen LogP) is 7.14. The number of hydrogen-bond donors (Lipinski definition) is 0. The molecule has 2 aromatic rings. The Balaban J connectivity index is 0.000000173. The van der Waals surface area contributed by atoms with E-state index in [-0.39, 0.29) is 5.97 Å². The van der Waals surface area contributed by atoms with Crippen LogP contribution in [0.1, 0.15) is 89.2 Å². The first-order valence-corrected chi connectivity index (χ1v) is 14.8. The maximum absolute atomic E-state index is 11.8. The van der Waals surface area contributed by atoms with Gasteiger partial charge in [0.1, 0.15) is 5.60 Å². The van der Waals surface area contributed by atoms with E-state index in [1.165, 1.54) is 64.5 Å². The summed E-state index contributed by atoms with van der Waals surface area (Å²) in [6, 6.07) is 21.5. The molecular formula is C33H48N2O2. The molecule has 3 fully saturated rings. The van der Waals surface area contributed by atoms with E-state index >= 15 is 0 Å². The Morgan fingerprint density at radius 3 is 1.95 bits per heavy atom. The molecule has 1 saturated carbocycles. The zero-order valence-electron chi connectivity index (χ0n) is 23.5. The number of ether oxygens (including phenoxy) is 1. The minimum absolute atomic E-state index is 0.111. The van der Waals surface area contributed by atoms with Crippen molar-refractivity contribution in [1.29, 1.82) is 0 Å². The third kappa shape index (κ3) is 6.46. The maximum atomic E-state index is 11.8. The number of piperidine rings is 2. The van der Waals surface area contributed by atoms with Crippen molar-refractivity contribution in [1.82, 2.24) is 9.80 Å². The van der Waals surface area contributed by atoms with Crippen molar-refractivity contribution in [3.05, 3.63) is 71.8 Å². The number of nitrogens with zero attached hydrogens (tertiary/aromatic N) is 2. The Morgan fingerprint density at radius 1 is 0.811 bits per heavy atom. The van der Waals surface area contributed by atoms with Gasteiger partial charge in [-0.05, 0) is 56.9 Å². The van der Waals surface area contributed by atoms with Crippen LogP contribution in [0.5, 0.6) is 0 Å². The lowest BCUT2D eigenvalue weighted by Crippen LogP contribution is -2.50. The van der Waals surface area contributed by atoms with Crippen molar-refractivity contribution >= 4 is 5.97 Å². The number of carbonyl (C=O) groups is 1. The van der Waals surface area contributed by atoms with Gasteiger partial charge in [0.15, 0.2) is 0 Å². The smallest absolute Gasteiger partial charge is 0.306 e. The fourth-order valence-corrected chi connectivity index (χ4v) is 6.94. The predicted molar refractivity (Wildman–Crippen MR) is 152 cm³/mol. The summed E-state index contributed by atoms with van der Waals surface area (Å²) in [5.74, 6) is 0.185. The quantitative estimate of drug-likeness (QED) is 0.405. The van der Waals surface area contributed by atoms with Gasteiger partial charge < -0.3 is 9.64 Å². The molecule has 4 nitrogen and oxygen atoms in total. The number of hydrogen-bond acceptors (Lipinski definition) is 4. The largest absolute Gasteiger partial charge is 0.454 e. The van der Waals surface area contributed by atoms with Gasteiger partial charge in [0.05, 0.1) is 0 Å². The van der Waals surface area contributed by atoms with E-state index in [1.807, 2.05) is 25.1 Å². The Morgan fingerprint density at radius 2 is 1.38 bits per heavy atom. The topological polar surface area (TPSA) is 32.8 Å². The van der Waals surface area contributed by atoms with Crippen molar-refractivity contribution < 1.29 is 9.53 Å². The summed E-state index contributed by atoms with van der Waals surface area (Å²) in [7, 11) is 2.12. The highest BCUT2D eigenvalue weighted by Crippen LogP contribution is 2.43. The van der Waals surface area contributed by atoms with E-state index in [1.54, 1.807) is 5.56 Å². The van der Waals surface area contributed by atoms with Crippen LogP contribution in [-0.2, 0) is 20.7 Å². The molecule has 37 heavy (non-hydrogen) atoms. The molecule has 2 heterocycles. The number of benzene rings is 2. The fraction of sp³-hybridized carbons (Fsp3) is 0.606. The molecule has 2 saturated heterocycles. The third-order valence-electron chi connectivity index (χ3n) is 9.05. The molecule has 0 unspecified atom stereocenters. The molecule has 0 amide bonds. The molecule has 0 aromatic heterocycles. The average Bonchev–Trinajstić information content (AvgIpc) is 2.97. The van der Waals surface area contributed by atoms with Crippen LogP contribution >= 0.6 is 0 Å². The summed E-state index contributed by atoms with van der Waals surface area (Å²) in [4.78, 5) is 17.0. The van der Waals surface area contributed by atoms with Gasteiger partial charge in [-0.3, -0.25) is 9.69 Å². The second-order valence-corrected chi connectivity index (χ2v) is 11.5. The molecule has 2 aliphatic heterocycles. The minimum atomic E-state index is -0.457. The van der Waals surface area contributed by atoms with E-state index in [0.29, 0.717) is 17.9 Å². The van der Waals surface area contributed by atoms with Crippen LogP contribution in [0, 0.1) is 5.92 Å². The van der Waals surface area contributed by atoms with Gasteiger partial charge in [0, 0.05) is 37.4 Å². The van der Waals surface area contributed by atoms with Gasteiger partial charge in [0.25, 0.3) is 0 Å². The first-order valence-electron chi connectivity index (χ1n) is 14.8. The van der Waals surface area contributed by atoms with Gasteiger partial charge in [0.2, 0.25) is 0 Å². The maximum Gasteiger partial charge on any atom is 0.306 e. The van der Waals surface area contributed by atoms with Crippen LogP contribution in [0.4, 0.5) is 0 Å². The van der Waals surface area contributed by atoms with Crippen LogP contribution < -0.4 is 0 Å². The number of likely N-dealkylation sites (tertiary alicyclic amines) is 2. The lowest BCUT2D eigenvalue weighted by Gasteiger charge is -2.48. The van der Waals surface area contributed by atoms with Crippen molar-refractivity contribution in [3.8, 4) is 0 Å². The highest BCUT2D eigenvalue weighted by molar-refractivity contribution is 5.69. The Hall–Kier alpha value is -2.17. The second kappa shape index (κ2) is 13.1. The summed E-state index contributed by atoms with van der Waals surface area (Å²) in [5, 5.41) is 0. The van der Waals surface area contributed by atoms with Crippen molar-refractivity contribution in [3.63, 3.8) is 0 Å². The SMILES string of the molecule is CCC(=O)O[C@]1(c2ccccc2)CCN(C)C[C@@H]1C.c1ccc(C2(N3CCCCC3)CCCCC2)cc1. The first kappa shape index (κ1) is 27.9. The molecule has 0 radical (unpaired) electrons. The fourth-order valence-electron chi connectivity index (χ4n) is 6.94. The molecule has 1 aliphatic carbocycles. The summed E-state index contributed by atoms with van der Waals surface area (Å²) < 4.78 is 5.91. The lowest BCUT2D eigenvalue weighted by molar-refractivity contribution is -0.174. The summed E-state index contributed by atoms with van der Waals surface area (Å²) in [6.07, 6.45) is 12.5. The summed E-state index contributed by atoms with van der Waals surface area (Å²) >= 11 is 0. The summed E-state index contributed by atoms with van der Waals surface area (Å²) in [6.45, 7) is 8.55. The van der Waals surface area contributed by atoms with Gasteiger partial charge >= 0.3 is 5.97 Å². The number of esters is 1. The molecule has 0 bridgehead atoms. The molecule has 2 atom stereocenters. The minimum Gasteiger partial charge on any atom is -0.454 e. The van der Waals surface area contributed by atoms with E-state index in [4.69, 9.17) is 4.74 Å². The molecule has 3 aliphatic rings. The Kier molecular flexibility index (Phi) is 9.83.